The van der Waals surface area contributed by atoms with Crippen molar-refractivity contribution in [3.05, 3.63) is 64.7 Å². The lowest BCUT2D eigenvalue weighted by Crippen LogP contribution is -2.37. The van der Waals surface area contributed by atoms with E-state index in [1.54, 1.807) is 39.0 Å². The van der Waals surface area contributed by atoms with E-state index in [0.717, 1.165) is 11.3 Å². The van der Waals surface area contributed by atoms with Gasteiger partial charge in [0.2, 0.25) is 5.95 Å². The van der Waals surface area contributed by atoms with Gasteiger partial charge in [-0.2, -0.15) is 4.98 Å². The van der Waals surface area contributed by atoms with Crippen LogP contribution < -0.4 is 20.7 Å². The van der Waals surface area contributed by atoms with Crippen LogP contribution in [-0.2, 0) is 10.1 Å². The number of halogens is 1. The lowest BCUT2D eigenvalue weighted by Gasteiger charge is -2.39. The number of aromatic nitrogens is 4. The highest BCUT2D eigenvalue weighted by molar-refractivity contribution is 9.10. The van der Waals surface area contributed by atoms with Crippen molar-refractivity contribution >= 4 is 68.6 Å². The zero-order chi connectivity index (χ0) is 27.2. The average Bonchev–Trinajstić information content (AvgIpc) is 2.87. The van der Waals surface area contributed by atoms with E-state index in [4.69, 9.17) is 9.72 Å². The van der Waals surface area contributed by atoms with Crippen LogP contribution in [0.1, 0.15) is 25.0 Å². The van der Waals surface area contributed by atoms with Gasteiger partial charge in [-0.05, 0) is 84.6 Å². The Labute approximate surface area is 230 Å². The van der Waals surface area contributed by atoms with Crippen LogP contribution in [0.4, 0.5) is 23.1 Å². The number of nitrogens with one attached hydrogen (secondary N) is 2. The van der Waals surface area contributed by atoms with Crippen LogP contribution in [-0.4, -0.2) is 52.3 Å². The van der Waals surface area contributed by atoms with Gasteiger partial charge in [0.1, 0.15) is 24.2 Å². The van der Waals surface area contributed by atoms with Gasteiger partial charge in [0.05, 0.1) is 39.3 Å². The van der Waals surface area contributed by atoms with E-state index in [9.17, 15) is 4.57 Å². The van der Waals surface area contributed by atoms with Crippen LogP contribution in [0.2, 0.25) is 0 Å². The lowest BCUT2D eigenvalue weighted by molar-refractivity contribution is 0.224. The molecule has 2 N–H and O–H groups in total. The van der Waals surface area contributed by atoms with E-state index in [0.29, 0.717) is 44.0 Å². The monoisotopic (exact) mass is 593 g/mol. The maximum atomic E-state index is 13.3. The van der Waals surface area contributed by atoms with E-state index in [2.05, 4.69) is 85.7 Å². The number of nitrogens with zero attached hydrogens (tertiary/aromatic N) is 5. The van der Waals surface area contributed by atoms with Gasteiger partial charge in [0.25, 0.3) is 0 Å². The van der Waals surface area contributed by atoms with Crippen molar-refractivity contribution in [1.29, 1.82) is 0 Å². The number of anilines is 4. The first kappa shape index (κ1) is 26.1. The molecule has 196 valence electrons. The minimum atomic E-state index is -2.72. The molecule has 1 aliphatic heterocycles. The molecule has 0 radical (unpaired) electrons. The standard InChI is InChI=1S/C27H29BrN7O2P/c1-27(2)17-14-22(37-4)21(13-16(17)9-12-35(27)3)33-26-31-15-18(28)25(34-26)32-20-8-7-19-23(30-11-10-29-19)24(20)38(5,6)36/h7-15H,1-6H3,(H2,31,32,33,34). The minimum absolute atomic E-state index is 0.180. The number of hydrogen-bond donors (Lipinski definition) is 2. The van der Waals surface area contributed by atoms with Gasteiger partial charge >= 0.3 is 0 Å². The third kappa shape index (κ3) is 4.74. The predicted molar refractivity (Wildman–Crippen MR) is 158 cm³/mol. The summed E-state index contributed by atoms with van der Waals surface area (Å²) in [6, 6.07) is 7.80. The molecule has 0 saturated carbocycles. The molecular formula is C27H29BrN7O2P. The summed E-state index contributed by atoms with van der Waals surface area (Å²) in [6.45, 7) is 7.80. The molecule has 0 spiro atoms. The predicted octanol–water partition coefficient (Wildman–Crippen LogP) is 6.08. The number of methoxy groups -OCH3 is 1. The fraction of sp³-hybridized carbons (Fsp3) is 0.259. The van der Waals surface area contributed by atoms with Gasteiger partial charge < -0.3 is 24.8 Å². The molecule has 0 amide bonds. The van der Waals surface area contributed by atoms with Crippen molar-refractivity contribution in [3.63, 3.8) is 0 Å². The Morgan fingerprint density at radius 3 is 2.55 bits per heavy atom. The third-order valence-electron chi connectivity index (χ3n) is 6.79. The topological polar surface area (TPSA) is 105 Å². The molecular weight excluding hydrogens is 565 g/mol. The first-order valence-electron chi connectivity index (χ1n) is 12.0. The summed E-state index contributed by atoms with van der Waals surface area (Å²) in [5.74, 6) is 1.58. The highest BCUT2D eigenvalue weighted by atomic mass is 79.9. The summed E-state index contributed by atoms with van der Waals surface area (Å²) in [4.78, 5) is 20.2. The summed E-state index contributed by atoms with van der Waals surface area (Å²) in [6.07, 6.45) is 9.05. The van der Waals surface area contributed by atoms with E-state index in [-0.39, 0.29) is 5.54 Å². The Kier molecular flexibility index (Phi) is 6.65. The Bertz CT molecular complexity index is 1630. The summed E-state index contributed by atoms with van der Waals surface area (Å²) in [5.41, 5.74) is 4.77. The van der Waals surface area contributed by atoms with E-state index in [1.807, 2.05) is 18.2 Å². The molecule has 0 bridgehead atoms. The maximum absolute atomic E-state index is 13.3. The lowest BCUT2D eigenvalue weighted by atomic mass is 9.86. The van der Waals surface area contributed by atoms with E-state index in [1.165, 1.54) is 5.56 Å². The summed E-state index contributed by atoms with van der Waals surface area (Å²) in [7, 11) is 0.987. The van der Waals surface area contributed by atoms with Gasteiger partial charge in [0, 0.05) is 31.8 Å². The second-order valence-electron chi connectivity index (χ2n) is 10.0. The van der Waals surface area contributed by atoms with Crippen LogP contribution >= 0.6 is 23.1 Å². The summed E-state index contributed by atoms with van der Waals surface area (Å²) >= 11 is 3.54. The van der Waals surface area contributed by atoms with Gasteiger partial charge in [-0.15, -0.1) is 0 Å². The highest BCUT2D eigenvalue weighted by Crippen LogP contribution is 2.42. The van der Waals surface area contributed by atoms with Gasteiger partial charge in [-0.25, -0.2) is 4.98 Å². The molecule has 0 aliphatic carbocycles. The molecule has 0 unspecified atom stereocenters. The third-order valence-corrected chi connectivity index (χ3v) is 8.90. The first-order valence-corrected chi connectivity index (χ1v) is 15.4. The molecule has 5 rings (SSSR count). The summed E-state index contributed by atoms with van der Waals surface area (Å²) in [5, 5.41) is 7.27. The number of hydrogen-bond acceptors (Lipinski definition) is 9. The Balaban J connectivity index is 1.52. The Morgan fingerprint density at radius 1 is 1.05 bits per heavy atom. The SMILES string of the molecule is COc1cc2c(cc1Nc1ncc(Br)c(Nc3ccc4nccnc4c3P(C)(C)=O)n1)C=CN(C)C2(C)C. The molecule has 0 fully saturated rings. The van der Waals surface area contributed by atoms with Crippen LogP contribution in [0, 0.1) is 0 Å². The molecule has 1 aliphatic rings. The van der Waals surface area contributed by atoms with Crippen molar-refractivity contribution in [2.24, 2.45) is 0 Å². The van der Waals surface area contributed by atoms with Crippen LogP contribution in [0.15, 0.2) is 53.5 Å². The minimum Gasteiger partial charge on any atom is -0.495 e. The molecule has 0 saturated heterocycles. The second kappa shape index (κ2) is 9.67. The quantitative estimate of drug-likeness (QED) is 0.257. The largest absolute Gasteiger partial charge is 0.495 e. The van der Waals surface area contributed by atoms with Crippen LogP contribution in [0.5, 0.6) is 5.75 Å². The smallest absolute Gasteiger partial charge is 0.229 e. The second-order valence-corrected chi connectivity index (χ2v) is 14.0. The molecule has 0 atom stereocenters. The van der Waals surface area contributed by atoms with Crippen LogP contribution in [0.25, 0.3) is 17.1 Å². The van der Waals surface area contributed by atoms with Crippen molar-refractivity contribution in [1.82, 2.24) is 24.8 Å². The Morgan fingerprint density at radius 2 is 1.82 bits per heavy atom. The van der Waals surface area contributed by atoms with Crippen molar-refractivity contribution in [3.8, 4) is 5.75 Å². The van der Waals surface area contributed by atoms with Crippen molar-refractivity contribution in [2.75, 3.05) is 38.1 Å². The molecule has 38 heavy (non-hydrogen) atoms. The summed E-state index contributed by atoms with van der Waals surface area (Å²) < 4.78 is 19.7. The highest BCUT2D eigenvalue weighted by Gasteiger charge is 2.30. The Hall–Kier alpha value is -3.49. The number of fused-ring (bicyclic) bond motifs is 2. The van der Waals surface area contributed by atoms with E-state index < -0.39 is 7.14 Å². The van der Waals surface area contributed by atoms with Gasteiger partial charge in [0.15, 0.2) is 0 Å². The molecule has 9 nitrogen and oxygen atoms in total. The molecule has 2 aromatic carbocycles. The fourth-order valence-electron chi connectivity index (χ4n) is 4.53. The molecule has 11 heteroatoms. The number of benzene rings is 2. The van der Waals surface area contributed by atoms with Gasteiger partial charge in [-0.3, -0.25) is 9.97 Å². The zero-order valence-corrected chi connectivity index (χ0v) is 24.6. The van der Waals surface area contributed by atoms with Crippen LogP contribution in [0.3, 0.4) is 0 Å². The average molecular weight is 594 g/mol. The van der Waals surface area contributed by atoms with Crippen molar-refractivity contribution < 1.29 is 9.30 Å². The number of rotatable bonds is 6. The molecule has 3 heterocycles. The molecule has 2 aromatic heterocycles. The van der Waals surface area contributed by atoms with Crippen molar-refractivity contribution in [2.45, 2.75) is 19.4 Å². The van der Waals surface area contributed by atoms with E-state index >= 15 is 0 Å². The fourth-order valence-corrected chi connectivity index (χ4v) is 6.21. The number of ether oxygens (including phenoxy) is 1. The maximum Gasteiger partial charge on any atom is 0.229 e. The van der Waals surface area contributed by atoms with Gasteiger partial charge in [-0.1, -0.05) is 0 Å². The zero-order valence-electron chi connectivity index (χ0n) is 22.1. The first-order chi connectivity index (χ1) is 18.0. The molecule has 4 aromatic rings. The normalized spacial score (nSPS) is 14.3.